The van der Waals surface area contributed by atoms with Gasteiger partial charge in [0.1, 0.15) is 17.3 Å². The maximum atomic E-state index is 14.9. The van der Waals surface area contributed by atoms with E-state index in [1.807, 2.05) is 11.9 Å². The first-order valence-electron chi connectivity index (χ1n) is 12.7. The van der Waals surface area contributed by atoms with E-state index in [-0.39, 0.29) is 17.1 Å². The van der Waals surface area contributed by atoms with Crippen LogP contribution < -0.4 is 20.3 Å². The highest BCUT2D eigenvalue weighted by atomic mass is 19.4. The Labute approximate surface area is 233 Å². The minimum absolute atomic E-state index is 0.0614. The van der Waals surface area contributed by atoms with Crippen LogP contribution in [-0.2, 0) is 13.2 Å². The van der Waals surface area contributed by atoms with Gasteiger partial charge < -0.3 is 25.2 Å². The molecule has 0 saturated carbocycles. The van der Waals surface area contributed by atoms with Crippen LogP contribution >= 0.6 is 0 Å². The lowest BCUT2D eigenvalue weighted by Crippen LogP contribution is -2.44. The highest BCUT2D eigenvalue weighted by Gasteiger charge is 2.32. The second-order valence-electron chi connectivity index (χ2n) is 9.66. The van der Waals surface area contributed by atoms with E-state index in [0.29, 0.717) is 43.3 Å². The summed E-state index contributed by atoms with van der Waals surface area (Å²) in [6, 6.07) is 9.64. The fourth-order valence-corrected chi connectivity index (χ4v) is 4.36. The van der Waals surface area contributed by atoms with Crippen LogP contribution in [0.3, 0.4) is 0 Å². The number of piperazine rings is 1. The molecule has 2 N–H and O–H groups in total. The van der Waals surface area contributed by atoms with Gasteiger partial charge in [-0.2, -0.15) is 18.3 Å². The Balaban J connectivity index is 1.27. The molecule has 2 aromatic heterocycles. The van der Waals surface area contributed by atoms with E-state index in [0.717, 1.165) is 23.8 Å². The Kier molecular flexibility index (Phi) is 7.79. The number of carbonyl (C=O) groups is 1. The summed E-state index contributed by atoms with van der Waals surface area (Å²) in [5.74, 6) is -0.203. The van der Waals surface area contributed by atoms with E-state index in [2.05, 4.69) is 25.6 Å². The van der Waals surface area contributed by atoms with E-state index in [9.17, 15) is 22.4 Å². The zero-order valence-electron chi connectivity index (χ0n) is 22.2. The molecule has 3 heterocycles. The molecular weight excluding hydrogens is 542 g/mol. The van der Waals surface area contributed by atoms with Gasteiger partial charge in [-0.3, -0.25) is 9.67 Å². The van der Waals surface area contributed by atoms with Crippen molar-refractivity contribution < 1.29 is 27.1 Å². The van der Waals surface area contributed by atoms with Crippen molar-refractivity contribution in [1.82, 2.24) is 19.7 Å². The third-order valence-electron chi connectivity index (χ3n) is 6.53. The summed E-state index contributed by atoms with van der Waals surface area (Å²) in [6.45, 7) is 2.50. The van der Waals surface area contributed by atoms with Gasteiger partial charge in [0.05, 0.1) is 23.1 Å². The van der Waals surface area contributed by atoms with Crippen molar-refractivity contribution in [3.8, 4) is 22.8 Å². The molecule has 0 aliphatic carbocycles. The number of aromatic nitrogens is 3. The number of carbonyl (C=O) groups excluding carboxylic acids is 1. The number of anilines is 3. The van der Waals surface area contributed by atoms with Gasteiger partial charge in [-0.1, -0.05) is 0 Å². The zero-order valence-corrected chi connectivity index (χ0v) is 22.2. The van der Waals surface area contributed by atoms with Gasteiger partial charge in [0.2, 0.25) is 0 Å². The van der Waals surface area contributed by atoms with Crippen molar-refractivity contribution in [2.24, 2.45) is 7.05 Å². The Morgan fingerprint density at radius 1 is 0.951 bits per heavy atom. The van der Waals surface area contributed by atoms with Crippen LogP contribution in [0.2, 0.25) is 0 Å². The number of nitrogens with zero attached hydrogens (tertiary/aromatic N) is 5. The number of benzene rings is 2. The van der Waals surface area contributed by atoms with Gasteiger partial charge in [0.25, 0.3) is 0 Å². The topological polar surface area (TPSA) is 87.6 Å². The number of urea groups is 1. The normalized spacial score (nSPS) is 14.1. The van der Waals surface area contributed by atoms with Gasteiger partial charge >= 0.3 is 12.2 Å². The fourth-order valence-electron chi connectivity index (χ4n) is 4.36. The molecule has 13 heteroatoms. The van der Waals surface area contributed by atoms with Crippen LogP contribution in [0.25, 0.3) is 11.3 Å². The SMILES string of the molecule is CN1CCN(c2cc(NC(=O)Nc3ccc(Oc4ccnc(-c5cnn(C)c5)c4)cc3F)cc(C(F)(F)F)c2)CC1. The van der Waals surface area contributed by atoms with Gasteiger partial charge in [0.15, 0.2) is 0 Å². The number of alkyl halides is 3. The number of hydrogen-bond donors (Lipinski definition) is 2. The van der Waals surface area contributed by atoms with Gasteiger partial charge in [-0.15, -0.1) is 0 Å². The molecule has 4 aromatic rings. The molecule has 0 bridgehead atoms. The van der Waals surface area contributed by atoms with Crippen LogP contribution in [0.15, 0.2) is 67.1 Å². The van der Waals surface area contributed by atoms with Gasteiger partial charge in [0, 0.05) is 74.7 Å². The Bertz CT molecular complexity index is 1550. The molecule has 5 rings (SSSR count). The Morgan fingerprint density at radius 3 is 2.39 bits per heavy atom. The monoisotopic (exact) mass is 569 g/mol. The fraction of sp³-hybridized carbons (Fsp3) is 0.250. The molecule has 2 amide bonds. The van der Waals surface area contributed by atoms with E-state index in [4.69, 9.17) is 4.74 Å². The number of ether oxygens (including phenoxy) is 1. The van der Waals surface area contributed by atoms with Crippen molar-refractivity contribution >= 4 is 23.1 Å². The molecule has 2 aromatic carbocycles. The van der Waals surface area contributed by atoms with E-state index in [1.165, 1.54) is 18.2 Å². The minimum atomic E-state index is -4.61. The van der Waals surface area contributed by atoms with Gasteiger partial charge in [-0.25, -0.2) is 9.18 Å². The second-order valence-corrected chi connectivity index (χ2v) is 9.66. The van der Waals surface area contributed by atoms with Crippen molar-refractivity contribution in [1.29, 1.82) is 0 Å². The molecule has 9 nitrogen and oxygen atoms in total. The summed E-state index contributed by atoms with van der Waals surface area (Å²) in [7, 11) is 3.73. The molecule has 1 aliphatic heterocycles. The number of likely N-dealkylation sites (N-methyl/N-ethyl adjacent to an activating group) is 1. The smallest absolute Gasteiger partial charge is 0.416 e. The minimum Gasteiger partial charge on any atom is -0.457 e. The van der Waals surface area contributed by atoms with Crippen LogP contribution in [-0.4, -0.2) is 58.9 Å². The standard InChI is InChI=1S/C28H27F4N7O2/c1-37-7-9-39(10-8-37)21-12-19(28(30,31)32)11-20(13-21)35-27(40)36-25-4-3-22(14-24(25)29)41-23-5-6-33-26(15-23)18-16-34-38(2)17-18/h3-6,11-17H,7-10H2,1-2H3,(H2,35,36,40). The van der Waals surface area contributed by atoms with E-state index in [1.54, 1.807) is 42.5 Å². The average Bonchev–Trinajstić information content (AvgIpc) is 3.36. The first kappa shape index (κ1) is 27.9. The maximum Gasteiger partial charge on any atom is 0.416 e. The number of aryl methyl sites for hydroxylation is 1. The van der Waals surface area contributed by atoms with E-state index < -0.39 is 23.6 Å². The molecule has 0 spiro atoms. The Morgan fingerprint density at radius 2 is 1.71 bits per heavy atom. The van der Waals surface area contributed by atoms with E-state index >= 15 is 0 Å². The van der Waals surface area contributed by atoms with Crippen molar-refractivity contribution in [2.75, 3.05) is 48.8 Å². The maximum absolute atomic E-state index is 14.9. The molecule has 0 atom stereocenters. The summed E-state index contributed by atoms with van der Waals surface area (Å²) in [4.78, 5) is 20.8. The quantitative estimate of drug-likeness (QED) is 0.284. The highest BCUT2D eigenvalue weighted by Crippen LogP contribution is 2.35. The molecule has 1 aliphatic rings. The summed E-state index contributed by atoms with van der Waals surface area (Å²) < 4.78 is 63.0. The number of pyridine rings is 1. The molecule has 0 radical (unpaired) electrons. The summed E-state index contributed by atoms with van der Waals surface area (Å²) in [5, 5.41) is 8.86. The number of rotatable bonds is 6. The average molecular weight is 570 g/mol. The molecule has 1 saturated heterocycles. The van der Waals surface area contributed by atoms with Crippen LogP contribution in [0.5, 0.6) is 11.5 Å². The summed E-state index contributed by atoms with van der Waals surface area (Å²) in [5.41, 5.74) is 0.626. The second kappa shape index (κ2) is 11.5. The molecule has 0 unspecified atom stereocenters. The lowest BCUT2D eigenvalue weighted by Gasteiger charge is -2.34. The van der Waals surface area contributed by atoms with Crippen molar-refractivity contribution in [3.05, 3.63) is 78.5 Å². The number of hydrogen-bond acceptors (Lipinski definition) is 6. The van der Waals surface area contributed by atoms with Crippen LogP contribution in [0, 0.1) is 5.82 Å². The lowest BCUT2D eigenvalue weighted by molar-refractivity contribution is -0.137. The summed E-state index contributed by atoms with van der Waals surface area (Å²) >= 11 is 0. The van der Waals surface area contributed by atoms with Gasteiger partial charge in [-0.05, 0) is 43.4 Å². The zero-order chi connectivity index (χ0) is 29.1. The van der Waals surface area contributed by atoms with Crippen molar-refractivity contribution in [2.45, 2.75) is 6.18 Å². The lowest BCUT2D eigenvalue weighted by atomic mass is 10.1. The molecule has 1 fully saturated rings. The van der Waals surface area contributed by atoms with Crippen LogP contribution in [0.4, 0.5) is 39.4 Å². The number of nitrogens with one attached hydrogen (secondary N) is 2. The Hall–Kier alpha value is -4.65. The molecular formula is C28H27F4N7O2. The predicted molar refractivity (Wildman–Crippen MR) is 147 cm³/mol. The molecule has 214 valence electrons. The van der Waals surface area contributed by atoms with Crippen molar-refractivity contribution in [3.63, 3.8) is 0 Å². The first-order valence-corrected chi connectivity index (χ1v) is 12.7. The number of amides is 2. The first-order chi connectivity index (χ1) is 19.5. The number of halogens is 4. The summed E-state index contributed by atoms with van der Waals surface area (Å²) in [6.07, 6.45) is 0.399. The predicted octanol–water partition coefficient (Wildman–Crippen LogP) is 5.83. The molecule has 41 heavy (non-hydrogen) atoms. The third-order valence-corrected chi connectivity index (χ3v) is 6.53. The third kappa shape index (κ3) is 6.92. The highest BCUT2D eigenvalue weighted by molar-refractivity contribution is 6.00. The largest absolute Gasteiger partial charge is 0.457 e. The van der Waals surface area contributed by atoms with Crippen LogP contribution in [0.1, 0.15) is 5.56 Å².